The minimum absolute atomic E-state index is 0.00632. The predicted molar refractivity (Wildman–Crippen MR) is 92.0 cm³/mol. The Hall–Kier alpha value is -1.70. The minimum atomic E-state index is -3.74. The summed E-state index contributed by atoms with van der Waals surface area (Å²) in [7, 11) is -3.74. The lowest BCUT2D eigenvalue weighted by molar-refractivity contribution is 0.0945. The zero-order valence-electron chi connectivity index (χ0n) is 13.5. The highest BCUT2D eigenvalue weighted by molar-refractivity contribution is 7.91. The van der Waals surface area contributed by atoms with Crippen LogP contribution in [0.4, 0.5) is 0 Å². The summed E-state index contributed by atoms with van der Waals surface area (Å²) >= 11 is 1.15. The van der Waals surface area contributed by atoms with Gasteiger partial charge in [-0.3, -0.25) is 10.2 Å². The molecule has 1 amide bonds. The molecule has 1 aromatic carbocycles. The molecule has 1 heterocycles. The smallest absolute Gasteiger partial charge is 0.266 e. The average Bonchev–Trinajstić information content (AvgIpc) is 2.91. The van der Waals surface area contributed by atoms with Crippen LogP contribution in [0, 0.1) is 6.92 Å². The fourth-order valence-corrected chi connectivity index (χ4v) is 4.04. The number of hydrogen-bond acceptors (Lipinski definition) is 4. The van der Waals surface area contributed by atoms with Crippen LogP contribution in [0.1, 0.15) is 41.6 Å². The number of amides is 1. The number of aryl methyl sites for hydroxylation is 1. The van der Waals surface area contributed by atoms with Gasteiger partial charge in [-0.1, -0.05) is 32.9 Å². The zero-order valence-corrected chi connectivity index (χ0v) is 15.1. The van der Waals surface area contributed by atoms with Crippen LogP contribution in [-0.2, 0) is 15.4 Å². The summed E-state index contributed by atoms with van der Waals surface area (Å²) in [4.78, 5) is 15.1. The van der Waals surface area contributed by atoms with Gasteiger partial charge in [-0.15, -0.1) is 16.2 Å². The first-order chi connectivity index (χ1) is 10.6. The highest BCUT2D eigenvalue weighted by Gasteiger charge is 2.18. The molecule has 2 N–H and O–H groups in total. The Bertz CT molecular complexity index is 801. The Morgan fingerprint density at radius 1 is 1.04 bits per heavy atom. The molecule has 124 valence electrons. The summed E-state index contributed by atoms with van der Waals surface area (Å²) in [5.41, 5.74) is 3.72. The summed E-state index contributed by atoms with van der Waals surface area (Å²) in [6, 6.07) is 10.3. The molecule has 1 aromatic heterocycles. The normalized spacial score (nSPS) is 12.2. The van der Waals surface area contributed by atoms with Gasteiger partial charge < -0.3 is 0 Å². The molecule has 7 heteroatoms. The molecule has 0 aliphatic heterocycles. The van der Waals surface area contributed by atoms with Crippen molar-refractivity contribution in [3.8, 4) is 0 Å². The molecule has 0 fully saturated rings. The van der Waals surface area contributed by atoms with Gasteiger partial charge in [0.25, 0.3) is 15.9 Å². The molecular weight excluding hydrogens is 332 g/mol. The van der Waals surface area contributed by atoms with Crippen molar-refractivity contribution in [3.63, 3.8) is 0 Å². The third kappa shape index (κ3) is 4.40. The first-order valence-corrected chi connectivity index (χ1v) is 9.39. The third-order valence-electron chi connectivity index (χ3n) is 3.29. The Kier molecular flexibility index (Phi) is 4.93. The summed E-state index contributed by atoms with van der Waals surface area (Å²) in [6.45, 7) is 8.07. The van der Waals surface area contributed by atoms with Gasteiger partial charge in [-0.2, -0.15) is 0 Å². The van der Waals surface area contributed by atoms with Crippen LogP contribution in [0.3, 0.4) is 0 Å². The van der Waals surface area contributed by atoms with Crippen LogP contribution in [0.5, 0.6) is 0 Å². The predicted octanol–water partition coefficient (Wildman–Crippen LogP) is 2.98. The lowest BCUT2D eigenvalue weighted by Gasteiger charge is -2.19. The standard InChI is InChI=1S/C16H20N2O3S2/c1-11-5-10-14(22-11)23(20,21)18-17-15(19)12-6-8-13(9-7-12)16(2,3)4/h5-10,18H,1-4H3,(H,17,19). The highest BCUT2D eigenvalue weighted by atomic mass is 32.2. The van der Waals surface area contributed by atoms with E-state index in [1.165, 1.54) is 6.07 Å². The maximum atomic E-state index is 12.1. The van der Waals surface area contributed by atoms with Crippen LogP contribution in [-0.4, -0.2) is 14.3 Å². The van der Waals surface area contributed by atoms with E-state index in [0.717, 1.165) is 21.8 Å². The minimum Gasteiger partial charge on any atom is -0.273 e. The van der Waals surface area contributed by atoms with Gasteiger partial charge in [-0.25, -0.2) is 8.42 Å². The highest BCUT2D eigenvalue weighted by Crippen LogP contribution is 2.22. The number of carbonyl (C=O) groups excluding carboxylic acids is 1. The largest absolute Gasteiger partial charge is 0.273 e. The average molecular weight is 352 g/mol. The molecule has 0 unspecified atom stereocenters. The first-order valence-electron chi connectivity index (χ1n) is 7.09. The van der Waals surface area contributed by atoms with Gasteiger partial charge in [0.05, 0.1) is 0 Å². The Labute approximate surface area is 140 Å². The van der Waals surface area contributed by atoms with Gasteiger partial charge >= 0.3 is 0 Å². The molecule has 5 nitrogen and oxygen atoms in total. The molecule has 0 bridgehead atoms. The molecule has 2 rings (SSSR count). The number of rotatable bonds is 4. The summed E-state index contributed by atoms with van der Waals surface area (Å²) < 4.78 is 24.3. The SMILES string of the molecule is Cc1ccc(S(=O)(=O)NNC(=O)c2ccc(C(C)(C)C)cc2)s1. The second kappa shape index (κ2) is 6.43. The van der Waals surface area contributed by atoms with Crippen molar-refractivity contribution in [2.75, 3.05) is 0 Å². The Balaban J connectivity index is 2.05. The number of benzene rings is 1. The van der Waals surface area contributed by atoms with Crippen molar-refractivity contribution < 1.29 is 13.2 Å². The lowest BCUT2D eigenvalue weighted by atomic mass is 9.87. The van der Waals surface area contributed by atoms with E-state index in [2.05, 4.69) is 31.0 Å². The molecular formula is C16H20N2O3S2. The topological polar surface area (TPSA) is 75.3 Å². The van der Waals surface area contributed by atoms with Crippen LogP contribution >= 0.6 is 11.3 Å². The van der Waals surface area contributed by atoms with Gasteiger partial charge in [0.1, 0.15) is 4.21 Å². The molecule has 0 saturated heterocycles. The Morgan fingerprint density at radius 3 is 2.13 bits per heavy atom. The molecule has 0 aliphatic rings. The molecule has 0 saturated carbocycles. The van der Waals surface area contributed by atoms with Crippen LogP contribution in [0.25, 0.3) is 0 Å². The molecule has 0 spiro atoms. The molecule has 0 atom stereocenters. The van der Waals surface area contributed by atoms with E-state index in [0.29, 0.717) is 5.56 Å². The van der Waals surface area contributed by atoms with E-state index in [1.54, 1.807) is 18.2 Å². The van der Waals surface area contributed by atoms with Gasteiger partial charge in [0, 0.05) is 10.4 Å². The van der Waals surface area contributed by atoms with Crippen LogP contribution in [0.2, 0.25) is 0 Å². The number of carbonyl (C=O) groups is 1. The van der Waals surface area contributed by atoms with Crippen LogP contribution < -0.4 is 10.3 Å². The molecule has 2 aromatic rings. The summed E-state index contributed by atoms with van der Waals surface area (Å²) in [5.74, 6) is -0.498. The number of hydrazine groups is 1. The van der Waals surface area contributed by atoms with Crippen molar-refractivity contribution in [1.29, 1.82) is 0 Å². The first kappa shape index (κ1) is 17.7. The van der Waals surface area contributed by atoms with Gasteiger partial charge in [0.2, 0.25) is 0 Å². The van der Waals surface area contributed by atoms with Gasteiger partial charge in [-0.05, 0) is 42.2 Å². The second-order valence-electron chi connectivity index (χ2n) is 6.25. The van der Waals surface area contributed by atoms with E-state index in [9.17, 15) is 13.2 Å². The van der Waals surface area contributed by atoms with Crippen molar-refractivity contribution in [2.24, 2.45) is 0 Å². The van der Waals surface area contributed by atoms with Gasteiger partial charge in [0.15, 0.2) is 0 Å². The molecule has 0 aliphatic carbocycles. The number of nitrogens with one attached hydrogen (secondary N) is 2. The van der Waals surface area contributed by atoms with Crippen molar-refractivity contribution in [3.05, 3.63) is 52.4 Å². The maximum absolute atomic E-state index is 12.1. The number of thiophene rings is 1. The van der Waals surface area contributed by atoms with E-state index in [4.69, 9.17) is 0 Å². The zero-order chi connectivity index (χ0) is 17.3. The fraction of sp³-hybridized carbons (Fsp3) is 0.312. The fourth-order valence-electron chi connectivity index (χ4n) is 1.91. The third-order valence-corrected chi connectivity index (χ3v) is 6.03. The maximum Gasteiger partial charge on any atom is 0.266 e. The van der Waals surface area contributed by atoms with E-state index in [-0.39, 0.29) is 9.62 Å². The quantitative estimate of drug-likeness (QED) is 0.831. The van der Waals surface area contributed by atoms with Crippen LogP contribution in [0.15, 0.2) is 40.6 Å². The number of sulfonamides is 1. The number of hydrogen-bond donors (Lipinski definition) is 2. The summed E-state index contributed by atoms with van der Waals surface area (Å²) in [6.07, 6.45) is 0. The van der Waals surface area contributed by atoms with Crippen molar-refractivity contribution in [1.82, 2.24) is 10.3 Å². The molecule has 23 heavy (non-hydrogen) atoms. The van der Waals surface area contributed by atoms with Crippen molar-refractivity contribution >= 4 is 27.3 Å². The summed E-state index contributed by atoms with van der Waals surface area (Å²) in [5, 5.41) is 0. The lowest BCUT2D eigenvalue weighted by Crippen LogP contribution is -2.41. The molecule has 0 radical (unpaired) electrons. The monoisotopic (exact) mass is 352 g/mol. The van der Waals surface area contributed by atoms with E-state index in [1.807, 2.05) is 19.1 Å². The Morgan fingerprint density at radius 2 is 1.65 bits per heavy atom. The second-order valence-corrected chi connectivity index (χ2v) is 9.45. The van der Waals surface area contributed by atoms with E-state index < -0.39 is 15.9 Å². The van der Waals surface area contributed by atoms with E-state index >= 15 is 0 Å². The van der Waals surface area contributed by atoms with Crippen molar-refractivity contribution in [2.45, 2.75) is 37.3 Å².